The van der Waals surface area contributed by atoms with Crippen LogP contribution >= 0.6 is 11.6 Å². The molecule has 2 unspecified atom stereocenters. The van der Waals surface area contributed by atoms with E-state index in [9.17, 15) is 0 Å². The van der Waals surface area contributed by atoms with Crippen LogP contribution in [0.3, 0.4) is 0 Å². The van der Waals surface area contributed by atoms with Crippen molar-refractivity contribution in [2.24, 2.45) is 0 Å². The number of benzene rings is 1. The molecule has 3 rings (SSSR count). The number of hydrogen-bond acceptors (Lipinski definition) is 5. The highest BCUT2D eigenvalue weighted by Crippen LogP contribution is 2.38. The van der Waals surface area contributed by atoms with Crippen molar-refractivity contribution in [2.75, 3.05) is 20.0 Å². The summed E-state index contributed by atoms with van der Waals surface area (Å²) in [5.74, 6) is 1.68. The van der Waals surface area contributed by atoms with Crippen molar-refractivity contribution in [1.29, 1.82) is 0 Å². The smallest absolute Gasteiger partial charge is 0.239 e. The summed E-state index contributed by atoms with van der Waals surface area (Å²) in [4.78, 5) is 4.28. The van der Waals surface area contributed by atoms with E-state index in [1.165, 1.54) is 0 Å². The van der Waals surface area contributed by atoms with Crippen LogP contribution in [0.25, 0.3) is 0 Å². The number of ether oxygens (including phenoxy) is 2. The van der Waals surface area contributed by atoms with E-state index in [-0.39, 0.29) is 18.1 Å². The number of nitrogen functional groups attached to an aromatic ring is 1. The van der Waals surface area contributed by atoms with Gasteiger partial charge in [-0.1, -0.05) is 17.7 Å². The Bertz CT molecular complexity index is 658. The number of fused-ring (bicyclic) bond motifs is 1. The first kappa shape index (κ1) is 14.2. The van der Waals surface area contributed by atoms with Gasteiger partial charge >= 0.3 is 0 Å². The quantitative estimate of drug-likeness (QED) is 0.943. The third kappa shape index (κ3) is 2.45. The molecule has 0 saturated carbocycles. The summed E-state index contributed by atoms with van der Waals surface area (Å²) in [6.45, 7) is 0. The second-order valence-corrected chi connectivity index (χ2v) is 5.39. The Morgan fingerprint density at radius 3 is 2.81 bits per heavy atom. The van der Waals surface area contributed by atoms with Gasteiger partial charge in [0.05, 0.1) is 18.2 Å². The molecular weight excluding hydrogens is 292 g/mol. The van der Waals surface area contributed by atoms with Gasteiger partial charge in [-0.2, -0.15) is 4.98 Å². The average molecular weight is 309 g/mol. The standard InChI is InChI=1S/C14H17ClN4O2/c1-20-11-5-3-8(7-9(11)15)10-4-6-12(21-2)13-17-14(16)18-19(10)13/h3,5,7,10,12H,4,6H2,1-2H3,(H2,16,18). The summed E-state index contributed by atoms with van der Waals surface area (Å²) in [5, 5.41) is 4.89. The van der Waals surface area contributed by atoms with Crippen LogP contribution in [0.15, 0.2) is 18.2 Å². The van der Waals surface area contributed by atoms with Gasteiger partial charge in [0, 0.05) is 7.11 Å². The number of nitrogens with zero attached hydrogens (tertiary/aromatic N) is 3. The number of aromatic nitrogens is 3. The Balaban J connectivity index is 2.01. The zero-order valence-corrected chi connectivity index (χ0v) is 12.7. The number of rotatable bonds is 3. The predicted molar refractivity (Wildman–Crippen MR) is 79.6 cm³/mol. The zero-order chi connectivity index (χ0) is 15.0. The second kappa shape index (κ2) is 5.54. The maximum Gasteiger partial charge on any atom is 0.239 e. The maximum atomic E-state index is 6.22. The number of hydrogen-bond donors (Lipinski definition) is 1. The molecule has 2 heterocycles. The van der Waals surface area contributed by atoms with Crippen molar-refractivity contribution >= 4 is 17.5 Å². The monoisotopic (exact) mass is 308 g/mol. The van der Waals surface area contributed by atoms with Crippen LogP contribution in [0.5, 0.6) is 5.75 Å². The molecule has 0 aliphatic carbocycles. The third-order valence-electron chi connectivity index (χ3n) is 3.80. The predicted octanol–water partition coefficient (Wildman–Crippen LogP) is 2.59. The first-order chi connectivity index (χ1) is 10.1. The van der Waals surface area contributed by atoms with E-state index in [1.54, 1.807) is 14.2 Å². The molecule has 1 aromatic heterocycles. The van der Waals surface area contributed by atoms with E-state index < -0.39 is 0 Å². The van der Waals surface area contributed by atoms with Crippen LogP contribution < -0.4 is 10.5 Å². The van der Waals surface area contributed by atoms with Crippen molar-refractivity contribution in [3.05, 3.63) is 34.6 Å². The van der Waals surface area contributed by atoms with Gasteiger partial charge in [0.2, 0.25) is 5.95 Å². The summed E-state index contributed by atoms with van der Waals surface area (Å²) in [6, 6.07) is 5.81. The van der Waals surface area contributed by atoms with Crippen LogP contribution in [0.1, 0.15) is 36.4 Å². The lowest BCUT2D eigenvalue weighted by Gasteiger charge is -2.28. The Hall–Kier alpha value is -1.79. The van der Waals surface area contributed by atoms with Gasteiger partial charge < -0.3 is 15.2 Å². The molecule has 2 aromatic rings. The Morgan fingerprint density at radius 2 is 2.14 bits per heavy atom. The molecule has 0 spiro atoms. The molecule has 6 nitrogen and oxygen atoms in total. The van der Waals surface area contributed by atoms with Crippen molar-refractivity contribution < 1.29 is 9.47 Å². The van der Waals surface area contributed by atoms with E-state index >= 15 is 0 Å². The van der Waals surface area contributed by atoms with Crippen molar-refractivity contribution in [2.45, 2.75) is 25.0 Å². The SMILES string of the molecule is COc1ccc(C2CCC(OC)c3nc(N)nn32)cc1Cl. The highest BCUT2D eigenvalue weighted by molar-refractivity contribution is 6.32. The van der Waals surface area contributed by atoms with E-state index in [0.717, 1.165) is 24.2 Å². The minimum Gasteiger partial charge on any atom is -0.495 e. The molecule has 0 amide bonds. The van der Waals surface area contributed by atoms with Crippen molar-refractivity contribution in [1.82, 2.24) is 14.8 Å². The maximum absolute atomic E-state index is 6.22. The Kier molecular flexibility index (Phi) is 3.73. The van der Waals surface area contributed by atoms with E-state index in [2.05, 4.69) is 10.1 Å². The number of methoxy groups -OCH3 is 2. The molecule has 0 radical (unpaired) electrons. The van der Waals surface area contributed by atoms with Gasteiger partial charge in [-0.25, -0.2) is 4.68 Å². The summed E-state index contributed by atoms with van der Waals surface area (Å²) >= 11 is 6.22. The molecule has 0 saturated heterocycles. The van der Waals surface area contributed by atoms with Gasteiger partial charge in [-0.05, 0) is 30.5 Å². The van der Waals surface area contributed by atoms with E-state index in [0.29, 0.717) is 10.8 Å². The summed E-state index contributed by atoms with van der Waals surface area (Å²) in [6.07, 6.45) is 1.68. The summed E-state index contributed by atoms with van der Waals surface area (Å²) < 4.78 is 12.5. The van der Waals surface area contributed by atoms with Gasteiger partial charge in [-0.15, -0.1) is 5.10 Å². The highest BCUT2D eigenvalue weighted by Gasteiger charge is 2.31. The molecule has 1 aliphatic rings. The minimum atomic E-state index is -0.0697. The zero-order valence-electron chi connectivity index (χ0n) is 11.9. The van der Waals surface area contributed by atoms with Gasteiger partial charge in [0.25, 0.3) is 0 Å². The lowest BCUT2D eigenvalue weighted by atomic mass is 9.96. The molecule has 21 heavy (non-hydrogen) atoms. The summed E-state index contributed by atoms with van der Waals surface area (Å²) in [5.41, 5.74) is 6.80. The first-order valence-electron chi connectivity index (χ1n) is 6.72. The van der Waals surface area contributed by atoms with Gasteiger partial charge in [0.1, 0.15) is 11.9 Å². The third-order valence-corrected chi connectivity index (χ3v) is 4.10. The molecule has 7 heteroatoms. The fourth-order valence-corrected chi connectivity index (χ4v) is 3.05. The lowest BCUT2D eigenvalue weighted by molar-refractivity contribution is 0.0649. The molecule has 112 valence electrons. The van der Waals surface area contributed by atoms with Crippen molar-refractivity contribution in [3.8, 4) is 5.75 Å². The molecule has 0 bridgehead atoms. The molecule has 0 fully saturated rings. The highest BCUT2D eigenvalue weighted by atomic mass is 35.5. The van der Waals surface area contributed by atoms with Crippen LogP contribution in [0.2, 0.25) is 5.02 Å². The first-order valence-corrected chi connectivity index (χ1v) is 7.10. The number of nitrogens with two attached hydrogens (primary N) is 1. The molecule has 1 aliphatic heterocycles. The number of anilines is 1. The van der Waals surface area contributed by atoms with Crippen molar-refractivity contribution in [3.63, 3.8) is 0 Å². The Morgan fingerprint density at radius 1 is 1.33 bits per heavy atom. The molecule has 1 aromatic carbocycles. The normalized spacial score (nSPS) is 21.1. The van der Waals surface area contributed by atoms with Crippen LogP contribution in [-0.4, -0.2) is 29.0 Å². The Labute approximate surface area is 127 Å². The largest absolute Gasteiger partial charge is 0.495 e. The van der Waals surface area contributed by atoms with Crippen LogP contribution in [0.4, 0.5) is 5.95 Å². The van der Waals surface area contributed by atoms with Crippen LogP contribution in [-0.2, 0) is 4.74 Å². The fourth-order valence-electron chi connectivity index (χ4n) is 2.78. The lowest BCUT2D eigenvalue weighted by Crippen LogP contribution is -2.24. The topological polar surface area (TPSA) is 75.2 Å². The van der Waals surface area contributed by atoms with E-state index in [4.69, 9.17) is 26.8 Å². The van der Waals surface area contributed by atoms with Gasteiger partial charge in [-0.3, -0.25) is 0 Å². The van der Waals surface area contributed by atoms with Gasteiger partial charge in [0.15, 0.2) is 5.82 Å². The van der Waals surface area contributed by atoms with E-state index in [1.807, 2.05) is 22.9 Å². The fraction of sp³-hybridized carbons (Fsp3) is 0.429. The summed E-state index contributed by atoms with van der Waals surface area (Å²) in [7, 11) is 3.27. The van der Waals surface area contributed by atoms with Crippen LogP contribution in [0, 0.1) is 0 Å². The molecule has 2 atom stereocenters. The molecular formula is C14H17ClN4O2. The minimum absolute atomic E-state index is 0.0552. The second-order valence-electron chi connectivity index (χ2n) is 4.98. The molecule has 2 N–H and O–H groups in total. The average Bonchev–Trinajstić information content (AvgIpc) is 2.87. The number of halogens is 1.